The largest absolute Gasteiger partial charge is 0.329 e. The molecule has 84 valence electrons. The van der Waals surface area contributed by atoms with E-state index in [1.807, 2.05) is 0 Å². The van der Waals surface area contributed by atoms with Crippen LogP contribution in [-0.4, -0.2) is 25.3 Å². The van der Waals surface area contributed by atoms with Gasteiger partial charge < -0.3 is 9.05 Å². The van der Waals surface area contributed by atoms with E-state index in [-0.39, 0.29) is 11.8 Å². The Kier molecular flexibility index (Phi) is 2.14. The van der Waals surface area contributed by atoms with E-state index >= 15 is 0 Å². The van der Waals surface area contributed by atoms with E-state index in [0.717, 1.165) is 5.56 Å². The second kappa shape index (κ2) is 3.78. The van der Waals surface area contributed by atoms with E-state index in [4.69, 9.17) is 9.05 Å². The predicted octanol–water partition coefficient (Wildman–Crippen LogP) is 1.49. The Labute approximate surface area is 95.5 Å². The van der Waals surface area contributed by atoms with Crippen molar-refractivity contribution in [2.75, 3.05) is 0 Å². The molecule has 3 aromatic heterocycles. The molecule has 0 amide bonds. The van der Waals surface area contributed by atoms with Gasteiger partial charge in [0, 0.05) is 18.0 Å². The highest BCUT2D eigenvalue weighted by atomic mass is 16.5. The summed E-state index contributed by atoms with van der Waals surface area (Å²) in [5.41, 5.74) is 0.811. The van der Waals surface area contributed by atoms with Crippen LogP contribution in [0.3, 0.4) is 0 Å². The summed E-state index contributed by atoms with van der Waals surface area (Å²) in [6, 6.07) is 3.57. The standard InChI is InChI=1S/C10H7N5O2/c1-6-12-9(16-14-6)10-13-8(15-17-10)7-2-4-11-5-3-7/h2-5H,1H3. The fourth-order valence-corrected chi connectivity index (χ4v) is 1.31. The van der Waals surface area contributed by atoms with Gasteiger partial charge in [-0.1, -0.05) is 10.3 Å². The molecule has 0 aliphatic rings. The Morgan fingerprint density at radius 2 is 1.65 bits per heavy atom. The lowest BCUT2D eigenvalue weighted by Gasteiger charge is -1.89. The van der Waals surface area contributed by atoms with Gasteiger partial charge in [-0.3, -0.25) is 4.98 Å². The Morgan fingerprint density at radius 3 is 2.35 bits per heavy atom. The number of aromatic nitrogens is 5. The van der Waals surface area contributed by atoms with Gasteiger partial charge in [0.2, 0.25) is 5.82 Å². The highest BCUT2D eigenvalue weighted by Gasteiger charge is 2.15. The van der Waals surface area contributed by atoms with Crippen LogP contribution in [0.2, 0.25) is 0 Å². The maximum absolute atomic E-state index is 5.04. The zero-order valence-electron chi connectivity index (χ0n) is 8.86. The van der Waals surface area contributed by atoms with Gasteiger partial charge in [0.15, 0.2) is 5.82 Å². The van der Waals surface area contributed by atoms with Gasteiger partial charge in [-0.05, 0) is 19.1 Å². The number of pyridine rings is 1. The first kappa shape index (κ1) is 9.64. The fourth-order valence-electron chi connectivity index (χ4n) is 1.31. The summed E-state index contributed by atoms with van der Waals surface area (Å²) in [4.78, 5) is 12.1. The predicted molar refractivity (Wildman–Crippen MR) is 55.6 cm³/mol. The summed E-state index contributed by atoms with van der Waals surface area (Å²) in [6.07, 6.45) is 3.31. The van der Waals surface area contributed by atoms with E-state index in [2.05, 4.69) is 25.3 Å². The van der Waals surface area contributed by atoms with E-state index in [9.17, 15) is 0 Å². The highest BCUT2D eigenvalue weighted by molar-refractivity contribution is 5.55. The normalized spacial score (nSPS) is 10.6. The van der Waals surface area contributed by atoms with Crippen LogP contribution in [0, 0.1) is 6.92 Å². The van der Waals surface area contributed by atoms with Crippen LogP contribution >= 0.6 is 0 Å². The quantitative estimate of drug-likeness (QED) is 0.657. The smallest absolute Gasteiger partial charge is 0.316 e. The summed E-state index contributed by atoms with van der Waals surface area (Å²) in [5, 5.41) is 7.48. The molecule has 7 heteroatoms. The molecule has 0 fully saturated rings. The molecule has 3 rings (SSSR count). The Balaban J connectivity index is 1.99. The topological polar surface area (TPSA) is 90.7 Å². The maximum atomic E-state index is 5.04. The fraction of sp³-hybridized carbons (Fsp3) is 0.100. The maximum Gasteiger partial charge on any atom is 0.316 e. The van der Waals surface area contributed by atoms with Crippen molar-refractivity contribution in [1.82, 2.24) is 25.3 Å². The number of aryl methyl sites for hydroxylation is 1. The minimum absolute atomic E-state index is 0.206. The molecule has 0 bridgehead atoms. The van der Waals surface area contributed by atoms with Gasteiger partial charge in [-0.15, -0.1) is 0 Å². The molecule has 0 atom stereocenters. The summed E-state index contributed by atoms with van der Waals surface area (Å²) >= 11 is 0. The third-order valence-corrected chi connectivity index (χ3v) is 2.08. The second-order valence-electron chi connectivity index (χ2n) is 3.31. The summed E-state index contributed by atoms with van der Waals surface area (Å²) < 4.78 is 9.97. The average Bonchev–Trinajstić information content (AvgIpc) is 2.98. The lowest BCUT2D eigenvalue weighted by Crippen LogP contribution is -1.81. The van der Waals surface area contributed by atoms with E-state index in [1.54, 1.807) is 31.5 Å². The van der Waals surface area contributed by atoms with Crippen LogP contribution in [-0.2, 0) is 0 Å². The minimum Gasteiger partial charge on any atom is -0.329 e. The molecule has 17 heavy (non-hydrogen) atoms. The molecule has 0 aromatic carbocycles. The van der Waals surface area contributed by atoms with Crippen molar-refractivity contribution in [1.29, 1.82) is 0 Å². The molecule has 0 spiro atoms. The van der Waals surface area contributed by atoms with Gasteiger partial charge in [0.25, 0.3) is 0 Å². The van der Waals surface area contributed by atoms with Crippen LogP contribution in [0.1, 0.15) is 5.82 Å². The van der Waals surface area contributed by atoms with Gasteiger partial charge in [0.05, 0.1) is 0 Å². The van der Waals surface area contributed by atoms with Crippen LogP contribution in [0.15, 0.2) is 33.6 Å². The highest BCUT2D eigenvalue weighted by Crippen LogP contribution is 2.19. The van der Waals surface area contributed by atoms with Gasteiger partial charge >= 0.3 is 11.8 Å². The lowest BCUT2D eigenvalue weighted by atomic mass is 10.2. The van der Waals surface area contributed by atoms with E-state index in [1.165, 1.54) is 0 Å². The molecule has 0 saturated heterocycles. The van der Waals surface area contributed by atoms with Crippen molar-refractivity contribution in [3.63, 3.8) is 0 Å². The first-order valence-electron chi connectivity index (χ1n) is 4.88. The molecule has 0 saturated carbocycles. The monoisotopic (exact) mass is 229 g/mol. The molecule has 0 radical (unpaired) electrons. The van der Waals surface area contributed by atoms with Crippen molar-refractivity contribution in [3.8, 4) is 23.2 Å². The molecule has 0 aliphatic carbocycles. The van der Waals surface area contributed by atoms with Gasteiger partial charge in [0.1, 0.15) is 0 Å². The molecular weight excluding hydrogens is 222 g/mol. The van der Waals surface area contributed by atoms with Crippen molar-refractivity contribution in [2.24, 2.45) is 0 Å². The third kappa shape index (κ3) is 1.78. The van der Waals surface area contributed by atoms with Crippen molar-refractivity contribution in [3.05, 3.63) is 30.4 Å². The first-order valence-corrected chi connectivity index (χ1v) is 4.88. The van der Waals surface area contributed by atoms with Crippen LogP contribution in [0.25, 0.3) is 23.2 Å². The van der Waals surface area contributed by atoms with Crippen LogP contribution in [0.4, 0.5) is 0 Å². The number of rotatable bonds is 2. The Hall–Kier alpha value is -2.57. The summed E-state index contributed by atoms with van der Waals surface area (Å²) in [6.45, 7) is 1.72. The number of nitrogens with zero attached hydrogens (tertiary/aromatic N) is 5. The first-order chi connectivity index (χ1) is 8.33. The van der Waals surface area contributed by atoms with Crippen molar-refractivity contribution < 1.29 is 9.05 Å². The molecular formula is C10H7N5O2. The van der Waals surface area contributed by atoms with Crippen molar-refractivity contribution >= 4 is 0 Å². The Morgan fingerprint density at radius 1 is 0.941 bits per heavy atom. The zero-order valence-corrected chi connectivity index (χ0v) is 8.86. The molecule has 3 heterocycles. The zero-order chi connectivity index (χ0) is 11.7. The average molecular weight is 229 g/mol. The number of hydrogen-bond donors (Lipinski definition) is 0. The molecule has 0 unspecified atom stereocenters. The molecule has 7 nitrogen and oxygen atoms in total. The van der Waals surface area contributed by atoms with Crippen molar-refractivity contribution in [2.45, 2.75) is 6.92 Å². The summed E-state index contributed by atoms with van der Waals surface area (Å²) in [5.74, 6) is 1.40. The van der Waals surface area contributed by atoms with Crippen LogP contribution < -0.4 is 0 Å². The molecule has 0 aliphatic heterocycles. The molecule has 3 aromatic rings. The van der Waals surface area contributed by atoms with E-state index < -0.39 is 0 Å². The number of hydrogen-bond acceptors (Lipinski definition) is 7. The van der Waals surface area contributed by atoms with Gasteiger partial charge in [-0.2, -0.15) is 9.97 Å². The SMILES string of the molecule is Cc1noc(-c2nc(-c3ccncc3)no2)n1. The molecule has 0 N–H and O–H groups in total. The van der Waals surface area contributed by atoms with Crippen LogP contribution in [0.5, 0.6) is 0 Å². The van der Waals surface area contributed by atoms with Gasteiger partial charge in [-0.25, -0.2) is 0 Å². The third-order valence-electron chi connectivity index (χ3n) is 2.08. The second-order valence-corrected chi connectivity index (χ2v) is 3.31. The Bertz CT molecular complexity index is 631. The van der Waals surface area contributed by atoms with E-state index in [0.29, 0.717) is 11.6 Å². The summed E-state index contributed by atoms with van der Waals surface area (Å²) in [7, 11) is 0. The minimum atomic E-state index is 0.206. The lowest BCUT2D eigenvalue weighted by molar-refractivity contribution is 0.381.